The predicted octanol–water partition coefficient (Wildman–Crippen LogP) is 1.30. The number of likely N-dealkylation sites (N-methyl/N-ethyl adjacent to an activating group) is 1. The number of nitrogens with one attached hydrogen (secondary N) is 1. The monoisotopic (exact) mass is 369 g/mol. The van der Waals surface area contributed by atoms with Crippen LogP contribution in [0.1, 0.15) is 5.56 Å². The maximum Gasteiger partial charge on any atom is 0.317 e. The average Bonchev–Trinajstić information content (AvgIpc) is 2.50. The number of hydrogen-bond donors (Lipinski definition) is 2. The number of ether oxygens (including phenoxy) is 1. The third-order valence-corrected chi connectivity index (χ3v) is 4.37. The number of nitrogens with zero attached hydrogens (tertiary/aromatic N) is 2. The van der Waals surface area contributed by atoms with E-state index in [0.717, 1.165) is 5.56 Å². The first kappa shape index (κ1) is 19.7. The molecule has 1 aromatic carbocycles. The zero-order valence-corrected chi connectivity index (χ0v) is 15.3. The number of rotatable bonds is 7. The Kier molecular flexibility index (Phi) is 7.19. The van der Waals surface area contributed by atoms with Crippen LogP contribution in [-0.4, -0.2) is 79.3 Å². The number of amides is 1. The maximum absolute atomic E-state index is 12.2. The molecule has 1 amide bonds. The molecule has 8 heteroatoms. The fraction of sp³-hybridized carbons (Fsp3) is 0.529. The number of anilines is 1. The number of carboxylic acid groups (broad SMARTS) is 1. The van der Waals surface area contributed by atoms with Gasteiger partial charge >= 0.3 is 5.97 Å². The summed E-state index contributed by atoms with van der Waals surface area (Å²) >= 11 is 6.07. The number of halogens is 1. The normalized spacial score (nSPS) is 18.3. The molecule has 0 bridgehead atoms. The molecule has 1 saturated heterocycles. The van der Waals surface area contributed by atoms with Crippen molar-refractivity contribution in [3.05, 3.63) is 28.8 Å². The van der Waals surface area contributed by atoms with Gasteiger partial charge in [-0.1, -0.05) is 17.7 Å². The van der Waals surface area contributed by atoms with E-state index in [2.05, 4.69) is 5.32 Å². The van der Waals surface area contributed by atoms with Crippen LogP contribution in [0.5, 0.6) is 0 Å². The van der Waals surface area contributed by atoms with Crippen LogP contribution in [0, 0.1) is 6.92 Å². The summed E-state index contributed by atoms with van der Waals surface area (Å²) in [5.41, 5.74) is 1.63. The average molecular weight is 370 g/mol. The Morgan fingerprint density at radius 2 is 2.24 bits per heavy atom. The van der Waals surface area contributed by atoms with E-state index in [1.54, 1.807) is 18.0 Å². The molecule has 1 aromatic rings. The highest BCUT2D eigenvalue weighted by Gasteiger charge is 2.23. The third-order valence-electron chi connectivity index (χ3n) is 3.97. The zero-order chi connectivity index (χ0) is 18.4. The zero-order valence-electron chi connectivity index (χ0n) is 14.5. The lowest BCUT2D eigenvalue weighted by atomic mass is 10.2. The maximum atomic E-state index is 12.2. The minimum Gasteiger partial charge on any atom is -0.480 e. The Morgan fingerprint density at radius 1 is 1.48 bits per heavy atom. The van der Waals surface area contributed by atoms with Gasteiger partial charge in [-0.15, -0.1) is 0 Å². The van der Waals surface area contributed by atoms with Crippen molar-refractivity contribution >= 4 is 29.2 Å². The van der Waals surface area contributed by atoms with Gasteiger partial charge in [0.1, 0.15) is 0 Å². The molecule has 7 nitrogen and oxygen atoms in total. The smallest absolute Gasteiger partial charge is 0.317 e. The van der Waals surface area contributed by atoms with Crippen LogP contribution in [0.15, 0.2) is 18.2 Å². The molecule has 2 N–H and O–H groups in total. The second-order valence-corrected chi connectivity index (χ2v) is 6.74. The minimum atomic E-state index is -0.869. The van der Waals surface area contributed by atoms with Gasteiger partial charge in [-0.2, -0.15) is 0 Å². The lowest BCUT2D eigenvalue weighted by molar-refractivity contribution is -0.138. The summed E-state index contributed by atoms with van der Waals surface area (Å²) in [5.74, 6) is -0.981. The van der Waals surface area contributed by atoms with Gasteiger partial charge in [-0.05, 0) is 31.7 Å². The fourth-order valence-corrected chi connectivity index (χ4v) is 2.93. The number of hydrogen-bond acceptors (Lipinski definition) is 5. The first-order valence-electron chi connectivity index (χ1n) is 8.14. The van der Waals surface area contributed by atoms with Gasteiger partial charge in [-0.25, -0.2) is 0 Å². The van der Waals surface area contributed by atoms with E-state index < -0.39 is 5.97 Å². The van der Waals surface area contributed by atoms with Gasteiger partial charge < -0.3 is 15.2 Å². The first-order valence-corrected chi connectivity index (χ1v) is 8.51. The van der Waals surface area contributed by atoms with Crippen molar-refractivity contribution in [2.24, 2.45) is 0 Å². The van der Waals surface area contributed by atoms with Crippen LogP contribution >= 0.6 is 11.6 Å². The van der Waals surface area contributed by atoms with Crippen LogP contribution in [0.25, 0.3) is 0 Å². The van der Waals surface area contributed by atoms with E-state index in [1.165, 1.54) is 0 Å². The third kappa shape index (κ3) is 6.62. The van der Waals surface area contributed by atoms with Gasteiger partial charge in [0.2, 0.25) is 5.91 Å². The van der Waals surface area contributed by atoms with Crippen molar-refractivity contribution in [1.29, 1.82) is 0 Å². The highest BCUT2D eigenvalue weighted by Crippen LogP contribution is 2.20. The van der Waals surface area contributed by atoms with Gasteiger partial charge in [0.15, 0.2) is 0 Å². The molecular formula is C17H24ClN3O4. The highest BCUT2D eigenvalue weighted by molar-refractivity contribution is 6.31. The summed E-state index contributed by atoms with van der Waals surface area (Å²) in [4.78, 5) is 26.7. The number of carbonyl (C=O) groups excluding carboxylic acids is 1. The largest absolute Gasteiger partial charge is 0.480 e. The lowest BCUT2D eigenvalue weighted by Gasteiger charge is -2.34. The molecule has 138 valence electrons. The molecule has 0 saturated carbocycles. The SMILES string of the molecule is Cc1ccc(NC(=O)CN2CCOC(CN(C)CC(=O)O)C2)cc1Cl. The quantitative estimate of drug-likeness (QED) is 0.754. The molecule has 1 heterocycles. The lowest BCUT2D eigenvalue weighted by Crippen LogP contribution is -2.49. The molecule has 0 aromatic heterocycles. The number of aryl methyl sites for hydroxylation is 1. The molecule has 1 aliphatic heterocycles. The topological polar surface area (TPSA) is 82.1 Å². The van der Waals surface area contributed by atoms with Crippen molar-refractivity contribution in [3.63, 3.8) is 0 Å². The Bertz CT molecular complexity index is 626. The van der Waals surface area contributed by atoms with Crippen LogP contribution in [0.4, 0.5) is 5.69 Å². The first-order chi connectivity index (χ1) is 11.8. The van der Waals surface area contributed by atoms with E-state index >= 15 is 0 Å². The number of benzene rings is 1. The van der Waals surface area contributed by atoms with Crippen molar-refractivity contribution < 1.29 is 19.4 Å². The second kappa shape index (κ2) is 9.15. The van der Waals surface area contributed by atoms with Gasteiger partial charge in [0, 0.05) is 30.3 Å². The Morgan fingerprint density at radius 3 is 2.92 bits per heavy atom. The van der Waals surface area contributed by atoms with Crippen LogP contribution in [0.3, 0.4) is 0 Å². The number of aliphatic carboxylic acids is 1. The summed E-state index contributed by atoms with van der Waals surface area (Å²) < 4.78 is 5.66. The van der Waals surface area contributed by atoms with Crippen molar-refractivity contribution in [1.82, 2.24) is 9.80 Å². The van der Waals surface area contributed by atoms with Crippen molar-refractivity contribution in [3.8, 4) is 0 Å². The van der Waals surface area contributed by atoms with E-state index in [1.807, 2.05) is 24.0 Å². The Hall–Kier alpha value is -1.67. The predicted molar refractivity (Wildman–Crippen MR) is 96.1 cm³/mol. The van der Waals surface area contributed by atoms with Gasteiger partial charge in [0.05, 0.1) is 25.8 Å². The van der Waals surface area contributed by atoms with Crippen LogP contribution in [-0.2, 0) is 14.3 Å². The minimum absolute atomic E-state index is 0.0332. The molecule has 25 heavy (non-hydrogen) atoms. The second-order valence-electron chi connectivity index (χ2n) is 6.33. The number of carbonyl (C=O) groups is 2. The standard InChI is InChI=1S/C17H24ClN3O4/c1-12-3-4-13(7-15(12)18)19-16(22)10-21-5-6-25-14(9-21)8-20(2)11-17(23)24/h3-4,7,14H,5-6,8-11H2,1-2H3,(H,19,22)(H,23,24). The van der Waals surface area contributed by atoms with Gasteiger partial charge in [0.25, 0.3) is 0 Å². The molecule has 0 radical (unpaired) electrons. The number of carboxylic acids is 1. The molecule has 1 aliphatic rings. The molecular weight excluding hydrogens is 346 g/mol. The van der Waals surface area contributed by atoms with Crippen LogP contribution in [0.2, 0.25) is 5.02 Å². The van der Waals surface area contributed by atoms with E-state index in [-0.39, 0.29) is 25.1 Å². The fourth-order valence-electron chi connectivity index (χ4n) is 2.75. The molecule has 0 spiro atoms. The summed E-state index contributed by atoms with van der Waals surface area (Å²) in [5, 5.41) is 12.3. The van der Waals surface area contributed by atoms with Crippen molar-refractivity contribution in [2.75, 3.05) is 51.7 Å². The summed E-state index contributed by atoms with van der Waals surface area (Å²) in [7, 11) is 1.74. The summed E-state index contributed by atoms with van der Waals surface area (Å²) in [6.07, 6.45) is -0.111. The van der Waals surface area contributed by atoms with E-state index in [0.29, 0.717) is 37.0 Å². The van der Waals surface area contributed by atoms with E-state index in [9.17, 15) is 9.59 Å². The van der Waals surface area contributed by atoms with E-state index in [4.69, 9.17) is 21.4 Å². The summed E-state index contributed by atoms with van der Waals surface area (Å²) in [6.45, 7) is 4.42. The van der Waals surface area contributed by atoms with Crippen molar-refractivity contribution in [2.45, 2.75) is 13.0 Å². The van der Waals surface area contributed by atoms with Gasteiger partial charge in [-0.3, -0.25) is 19.4 Å². The molecule has 1 atom stereocenters. The number of morpholine rings is 1. The molecule has 1 unspecified atom stereocenters. The Balaban J connectivity index is 1.81. The summed E-state index contributed by atoms with van der Waals surface area (Å²) in [6, 6.07) is 5.42. The molecule has 0 aliphatic carbocycles. The highest BCUT2D eigenvalue weighted by atomic mass is 35.5. The molecule has 2 rings (SSSR count). The molecule has 1 fully saturated rings. The van der Waals surface area contributed by atoms with Crippen LogP contribution < -0.4 is 5.32 Å². The Labute approximate surface area is 152 Å².